The fraction of sp³-hybridized carbons (Fsp3) is 0.300. The highest BCUT2D eigenvalue weighted by atomic mass is 127. The van der Waals surface area contributed by atoms with Crippen molar-refractivity contribution in [3.05, 3.63) is 48.1 Å². The summed E-state index contributed by atoms with van der Waals surface area (Å²) in [6.07, 6.45) is 0.616. The molecule has 1 N–H and O–H groups in total. The first kappa shape index (κ1) is 29.5. The molecule has 0 radical (unpaired) electrons. The Labute approximate surface area is 224 Å². The van der Waals surface area contributed by atoms with Gasteiger partial charge in [0.1, 0.15) is 19.0 Å². The lowest BCUT2D eigenvalue weighted by molar-refractivity contribution is -0.148. The van der Waals surface area contributed by atoms with Crippen LogP contribution in [0.15, 0.2) is 17.0 Å². The van der Waals surface area contributed by atoms with E-state index in [2.05, 4.69) is 4.74 Å². The van der Waals surface area contributed by atoms with E-state index in [0.717, 1.165) is 0 Å². The smallest absolute Gasteiger partial charge is 0.343 e. The predicted molar refractivity (Wildman–Crippen MR) is 129 cm³/mol. The summed E-state index contributed by atoms with van der Waals surface area (Å²) in [5.74, 6) is -13.2. The number of rotatable bonds is 9. The van der Waals surface area contributed by atoms with E-state index in [-0.39, 0.29) is 30.7 Å². The third kappa shape index (κ3) is 6.94. The molecule has 0 saturated carbocycles. The Morgan fingerprint density at radius 2 is 1.49 bits per heavy atom. The van der Waals surface area contributed by atoms with Gasteiger partial charge in [-0.3, -0.25) is 9.35 Å². The van der Waals surface area contributed by atoms with Crippen molar-refractivity contribution in [2.45, 2.75) is 25.2 Å². The van der Waals surface area contributed by atoms with Gasteiger partial charge in [0, 0.05) is 0 Å². The molecule has 0 spiro atoms. The maximum atomic E-state index is 14.1. The largest absolute Gasteiger partial charge is 0.488 e. The molecule has 0 aromatic heterocycles. The number of carbonyl (C=O) groups excluding carboxylic acids is 2. The van der Waals surface area contributed by atoms with Crippen LogP contribution in [0.25, 0.3) is 0 Å². The van der Waals surface area contributed by atoms with E-state index in [4.69, 9.17) is 14.0 Å². The van der Waals surface area contributed by atoms with E-state index in [9.17, 15) is 35.6 Å². The van der Waals surface area contributed by atoms with Gasteiger partial charge in [-0.2, -0.15) is 17.2 Å². The first-order valence-corrected chi connectivity index (χ1v) is 13.1. The maximum Gasteiger partial charge on any atom is 0.343 e. The van der Waals surface area contributed by atoms with Crippen molar-refractivity contribution in [3.8, 4) is 11.5 Å². The Balaban J connectivity index is 2.22. The number of hydrogen-bond acceptors (Lipinski definition) is 7. The van der Waals surface area contributed by atoms with Gasteiger partial charge in [0.2, 0.25) is 17.4 Å². The molecule has 0 amide bonds. The molecule has 0 fully saturated rings. The summed E-state index contributed by atoms with van der Waals surface area (Å²) < 4.78 is 103. The second-order valence-electron chi connectivity index (χ2n) is 6.87. The van der Waals surface area contributed by atoms with Gasteiger partial charge >= 0.3 is 22.1 Å². The highest BCUT2D eigenvalue weighted by Gasteiger charge is 2.34. The number of ether oxygens (including phenoxy) is 3. The second kappa shape index (κ2) is 12.0. The molecule has 0 aliphatic heterocycles. The lowest BCUT2D eigenvalue weighted by Crippen LogP contribution is -2.18. The van der Waals surface area contributed by atoms with E-state index in [1.54, 1.807) is 52.1 Å². The van der Waals surface area contributed by atoms with Crippen molar-refractivity contribution >= 4 is 67.2 Å². The van der Waals surface area contributed by atoms with Crippen LogP contribution in [0.1, 0.15) is 30.6 Å². The van der Waals surface area contributed by atoms with E-state index >= 15 is 0 Å². The van der Waals surface area contributed by atoms with Gasteiger partial charge in [-0.15, -0.1) is 0 Å². The third-order valence-corrected chi connectivity index (χ3v) is 6.94. The Hall–Kier alpha value is -1.73. The van der Waals surface area contributed by atoms with Crippen LogP contribution in [0.5, 0.6) is 11.5 Å². The molecule has 0 bridgehead atoms. The van der Waals surface area contributed by atoms with Gasteiger partial charge in [-0.05, 0) is 63.7 Å². The van der Waals surface area contributed by atoms with Gasteiger partial charge in [0.25, 0.3) is 0 Å². The number of benzene rings is 2. The van der Waals surface area contributed by atoms with Crippen LogP contribution in [0.2, 0.25) is 0 Å². The molecule has 2 rings (SSSR count). The van der Waals surface area contributed by atoms with Crippen molar-refractivity contribution < 1.29 is 54.3 Å². The summed E-state index contributed by atoms with van der Waals surface area (Å²) in [4.78, 5) is 21.8. The average Bonchev–Trinajstić information content (AvgIpc) is 2.77. The normalized spacial score (nSPS) is 12.3. The highest BCUT2D eigenvalue weighted by Crippen LogP contribution is 2.34. The van der Waals surface area contributed by atoms with Crippen molar-refractivity contribution in [2.75, 3.05) is 13.2 Å². The molecule has 0 saturated heterocycles. The van der Waals surface area contributed by atoms with Crippen molar-refractivity contribution in [3.63, 3.8) is 0 Å². The van der Waals surface area contributed by atoms with Crippen molar-refractivity contribution in [1.82, 2.24) is 0 Å². The average molecular weight is 746 g/mol. The van der Waals surface area contributed by atoms with E-state index in [1.165, 1.54) is 12.1 Å². The minimum Gasteiger partial charge on any atom is -0.488 e. The molecular weight excluding hydrogens is 730 g/mol. The molecule has 8 nitrogen and oxygen atoms in total. The summed E-state index contributed by atoms with van der Waals surface area (Å²) in [7, 11) is -5.66. The lowest BCUT2D eigenvalue weighted by atomic mass is 10.1. The zero-order valence-corrected chi connectivity index (χ0v) is 23.0. The summed E-state index contributed by atoms with van der Waals surface area (Å²) in [5, 5.41) is 0. The Morgan fingerprint density at radius 3 is 1.94 bits per heavy atom. The lowest BCUT2D eigenvalue weighted by Gasteiger charge is -2.14. The van der Waals surface area contributed by atoms with Crippen molar-refractivity contribution in [2.24, 2.45) is 5.92 Å². The molecule has 2 aromatic rings. The molecule has 2 aromatic carbocycles. The predicted octanol–water partition coefficient (Wildman–Crippen LogP) is 4.89. The fourth-order valence-electron chi connectivity index (χ4n) is 2.47. The number of esters is 2. The molecule has 15 heteroatoms. The zero-order valence-electron chi connectivity index (χ0n) is 17.8. The number of hydrogen-bond donors (Lipinski definition) is 1. The Bertz CT molecular complexity index is 1220. The van der Waals surface area contributed by atoms with Crippen molar-refractivity contribution in [1.29, 1.82) is 0 Å². The van der Waals surface area contributed by atoms with Gasteiger partial charge in [0.05, 0.1) is 18.6 Å². The van der Waals surface area contributed by atoms with E-state index in [0.29, 0.717) is 19.3 Å². The van der Waals surface area contributed by atoms with Gasteiger partial charge in [0.15, 0.2) is 16.5 Å². The molecule has 0 aliphatic carbocycles. The first-order valence-electron chi connectivity index (χ1n) is 9.54. The molecule has 0 heterocycles. The summed E-state index contributed by atoms with van der Waals surface area (Å²) >= 11 is 3.57. The van der Waals surface area contributed by atoms with Crippen LogP contribution < -0.4 is 9.47 Å². The van der Waals surface area contributed by atoms with Gasteiger partial charge < -0.3 is 14.2 Å². The summed E-state index contributed by atoms with van der Waals surface area (Å²) in [5.41, 5.74) is -0.284. The van der Waals surface area contributed by atoms with Crippen LogP contribution in [0, 0.1) is 36.3 Å². The van der Waals surface area contributed by atoms with Gasteiger partial charge in [-0.1, -0.05) is 13.8 Å². The number of halogens is 6. The highest BCUT2D eigenvalue weighted by molar-refractivity contribution is 14.1. The maximum absolute atomic E-state index is 14.1. The van der Waals surface area contributed by atoms with Crippen LogP contribution >= 0.6 is 45.2 Å². The van der Waals surface area contributed by atoms with Crippen LogP contribution in [0.4, 0.5) is 17.6 Å². The number of carbonyl (C=O) groups is 2. The second-order valence-corrected chi connectivity index (χ2v) is 10.6. The summed E-state index contributed by atoms with van der Waals surface area (Å²) in [6, 6.07) is 2.39. The molecule has 0 aliphatic rings. The third-order valence-electron chi connectivity index (χ3n) is 4.46. The van der Waals surface area contributed by atoms with Crippen LogP contribution in [-0.2, 0) is 19.6 Å². The Kier molecular flexibility index (Phi) is 10.1. The SMILES string of the molecule is CCC(C)C(=O)OCCOc1c(I)cc(C(=O)Oc2c(F)c(F)c(S(=O)(=O)O)c(F)c2F)cc1I. The van der Waals surface area contributed by atoms with Gasteiger partial charge in [-0.25, -0.2) is 13.6 Å². The minimum atomic E-state index is -5.66. The molecular formula is C20H16F4I2O8S. The summed E-state index contributed by atoms with van der Waals surface area (Å²) in [6.45, 7) is 3.52. The zero-order chi connectivity index (χ0) is 26.7. The molecule has 192 valence electrons. The molecule has 35 heavy (non-hydrogen) atoms. The quantitative estimate of drug-likeness (QED) is 0.0735. The monoisotopic (exact) mass is 746 g/mol. The first-order chi connectivity index (χ1) is 16.2. The molecule has 1 atom stereocenters. The minimum absolute atomic E-state index is 0.00688. The van der Waals surface area contributed by atoms with Crippen LogP contribution in [0.3, 0.4) is 0 Å². The topological polar surface area (TPSA) is 116 Å². The Morgan fingerprint density at radius 1 is 0.971 bits per heavy atom. The van der Waals surface area contributed by atoms with Crippen LogP contribution in [-0.4, -0.2) is 38.1 Å². The van der Waals surface area contributed by atoms with E-state index in [1.807, 2.05) is 6.92 Å². The van der Waals surface area contributed by atoms with E-state index < -0.39 is 50.0 Å². The fourth-order valence-corrected chi connectivity index (χ4v) is 5.18. The molecule has 1 unspecified atom stereocenters. The standard InChI is InChI=1S/C20H16F4I2O8S/c1-3-8(2)19(27)33-5-4-32-16-10(25)6-9(7-11(16)26)20(28)34-17-12(21)14(23)18(35(29,30)31)15(24)13(17)22/h6-8H,3-5H2,1-2H3,(H,29,30,31).